The summed E-state index contributed by atoms with van der Waals surface area (Å²) >= 11 is 0. The Morgan fingerprint density at radius 3 is 0.919 bits per heavy atom. The van der Waals surface area contributed by atoms with Crippen LogP contribution in [0.4, 0.5) is 0 Å². The summed E-state index contributed by atoms with van der Waals surface area (Å²) in [6, 6.07) is 79.2. The van der Waals surface area contributed by atoms with E-state index in [1.807, 2.05) is 18.2 Å². The molecule has 62 heavy (non-hydrogen) atoms. The second-order valence-electron chi connectivity index (χ2n) is 15.6. The van der Waals surface area contributed by atoms with Gasteiger partial charge in [0.15, 0.2) is 17.5 Å². The topological polar surface area (TPSA) is 48.5 Å². The van der Waals surface area contributed by atoms with Gasteiger partial charge in [-0.2, -0.15) is 0 Å². The molecule has 0 aliphatic carbocycles. The van der Waals surface area contributed by atoms with E-state index in [-0.39, 0.29) is 0 Å². The van der Waals surface area contributed by atoms with Gasteiger partial charge in [0.05, 0.1) is 33.4 Å². The van der Waals surface area contributed by atoms with E-state index in [4.69, 9.17) is 15.0 Å². The maximum absolute atomic E-state index is 5.58. The van der Waals surface area contributed by atoms with Crippen molar-refractivity contribution in [3.8, 4) is 67.8 Å². The molecule has 0 radical (unpaired) electrons. The van der Waals surface area contributed by atoms with Gasteiger partial charge >= 0.3 is 0 Å². The summed E-state index contributed by atoms with van der Waals surface area (Å²) in [6.45, 7) is 0. The summed E-state index contributed by atoms with van der Waals surface area (Å²) < 4.78 is 4.72. The third-order valence-electron chi connectivity index (χ3n) is 12.0. The van der Waals surface area contributed by atoms with Crippen molar-refractivity contribution in [3.63, 3.8) is 0 Å². The standard InChI is InChI=1S/C57H37N5/c1-4-18-38(19-5-1)41-32-34-53(61-49-28-14-10-24-43(49)44-25-11-15-29-50(44)61)47(36-41)56-58-55(40-22-8-3-9-23-40)59-57(60-56)48-37-42(39-20-6-2-7-21-39)33-35-54(48)62-51-30-16-12-26-45(51)46-27-13-17-31-52(46)62/h1-37H. The van der Waals surface area contributed by atoms with Crippen molar-refractivity contribution in [2.45, 2.75) is 0 Å². The van der Waals surface area contributed by atoms with Gasteiger partial charge in [0, 0.05) is 38.2 Å². The molecule has 0 aliphatic heterocycles. The molecule has 0 bridgehead atoms. The number of aromatic nitrogens is 5. The van der Waals surface area contributed by atoms with Crippen molar-refractivity contribution < 1.29 is 0 Å². The summed E-state index contributed by atoms with van der Waals surface area (Å²) in [5.74, 6) is 1.77. The predicted molar refractivity (Wildman–Crippen MR) is 256 cm³/mol. The van der Waals surface area contributed by atoms with Crippen LogP contribution < -0.4 is 0 Å². The van der Waals surface area contributed by atoms with Gasteiger partial charge in [0.2, 0.25) is 0 Å². The smallest absolute Gasteiger partial charge is 0.166 e. The van der Waals surface area contributed by atoms with E-state index < -0.39 is 0 Å². The van der Waals surface area contributed by atoms with Crippen LogP contribution in [-0.2, 0) is 0 Å². The molecule has 9 aromatic carbocycles. The Balaban J connectivity index is 1.19. The summed E-state index contributed by atoms with van der Waals surface area (Å²) in [5, 5.41) is 4.76. The number of benzene rings is 9. The molecular formula is C57H37N5. The quantitative estimate of drug-likeness (QED) is 0.162. The van der Waals surface area contributed by atoms with Gasteiger partial charge in [-0.3, -0.25) is 0 Å². The highest BCUT2D eigenvalue weighted by Gasteiger charge is 2.23. The van der Waals surface area contributed by atoms with E-state index >= 15 is 0 Å². The van der Waals surface area contributed by atoms with Crippen LogP contribution in [0.25, 0.3) is 111 Å². The Morgan fingerprint density at radius 1 is 0.242 bits per heavy atom. The van der Waals surface area contributed by atoms with Gasteiger partial charge in [0.25, 0.3) is 0 Å². The lowest BCUT2D eigenvalue weighted by molar-refractivity contribution is 1.06. The monoisotopic (exact) mass is 791 g/mol. The fourth-order valence-corrected chi connectivity index (χ4v) is 9.14. The first-order chi connectivity index (χ1) is 30.8. The number of fused-ring (bicyclic) bond motifs is 6. The van der Waals surface area contributed by atoms with Crippen LogP contribution in [0.3, 0.4) is 0 Å². The summed E-state index contributed by atoms with van der Waals surface area (Å²) in [4.78, 5) is 16.4. The Morgan fingerprint density at radius 2 is 0.548 bits per heavy atom. The third-order valence-corrected chi connectivity index (χ3v) is 12.0. The van der Waals surface area contributed by atoms with E-state index in [1.54, 1.807) is 0 Å². The van der Waals surface area contributed by atoms with Crippen LogP contribution in [-0.4, -0.2) is 24.1 Å². The van der Waals surface area contributed by atoms with E-state index in [2.05, 4.69) is 215 Å². The zero-order chi connectivity index (χ0) is 41.0. The number of hydrogen-bond donors (Lipinski definition) is 0. The van der Waals surface area contributed by atoms with Crippen molar-refractivity contribution in [1.29, 1.82) is 0 Å². The molecule has 0 atom stereocenters. The van der Waals surface area contributed by atoms with Gasteiger partial charge in [-0.05, 0) is 70.8 Å². The van der Waals surface area contributed by atoms with Crippen molar-refractivity contribution in [1.82, 2.24) is 24.1 Å². The zero-order valence-electron chi connectivity index (χ0n) is 33.6. The van der Waals surface area contributed by atoms with Crippen molar-refractivity contribution in [2.75, 3.05) is 0 Å². The van der Waals surface area contributed by atoms with Crippen LogP contribution in [0.1, 0.15) is 0 Å². The minimum Gasteiger partial charge on any atom is -0.309 e. The minimum atomic E-state index is 0.585. The van der Waals surface area contributed by atoms with Crippen LogP contribution in [0.5, 0.6) is 0 Å². The van der Waals surface area contributed by atoms with Crippen molar-refractivity contribution >= 4 is 43.6 Å². The fourth-order valence-electron chi connectivity index (χ4n) is 9.14. The highest BCUT2D eigenvalue weighted by molar-refractivity contribution is 6.11. The van der Waals surface area contributed by atoms with Gasteiger partial charge in [-0.25, -0.2) is 15.0 Å². The number of rotatable bonds is 7. The normalized spacial score (nSPS) is 11.5. The molecule has 5 nitrogen and oxygen atoms in total. The molecule has 0 saturated heterocycles. The Labute approximate surface area is 358 Å². The Bertz CT molecular complexity index is 3300. The molecule has 0 N–H and O–H groups in total. The van der Waals surface area contributed by atoms with E-state index in [0.29, 0.717) is 17.5 Å². The largest absolute Gasteiger partial charge is 0.309 e. The first kappa shape index (κ1) is 35.5. The van der Waals surface area contributed by atoms with E-state index in [9.17, 15) is 0 Å². The molecule has 290 valence electrons. The third kappa shape index (κ3) is 5.90. The lowest BCUT2D eigenvalue weighted by Gasteiger charge is -2.18. The molecular weight excluding hydrogens is 755 g/mol. The molecule has 0 saturated carbocycles. The Kier molecular flexibility index (Phi) is 8.42. The second kappa shape index (κ2) is 14.7. The van der Waals surface area contributed by atoms with Crippen LogP contribution in [0, 0.1) is 0 Å². The fraction of sp³-hybridized carbons (Fsp3) is 0. The SMILES string of the molecule is c1ccc(-c2ccc(-n3c4ccccc4c4ccccc43)c(-c3nc(-c4ccccc4)nc(-c4cc(-c5ccccc5)ccc4-n4c5ccccc5c5ccccc54)n3)c2)cc1. The average Bonchev–Trinajstić information content (AvgIpc) is 3.87. The average molecular weight is 792 g/mol. The molecule has 5 heteroatoms. The number of nitrogens with zero attached hydrogens (tertiary/aromatic N) is 5. The Hall–Kier alpha value is -8.41. The van der Waals surface area contributed by atoms with E-state index in [0.717, 1.165) is 72.4 Å². The summed E-state index contributed by atoms with van der Waals surface area (Å²) in [5.41, 5.74) is 13.5. The molecule has 0 aliphatic rings. The van der Waals surface area contributed by atoms with Crippen LogP contribution in [0.2, 0.25) is 0 Å². The molecule has 12 rings (SSSR count). The first-order valence-electron chi connectivity index (χ1n) is 21.0. The van der Waals surface area contributed by atoms with Gasteiger partial charge in [0.1, 0.15) is 0 Å². The highest BCUT2D eigenvalue weighted by Crippen LogP contribution is 2.41. The van der Waals surface area contributed by atoms with E-state index in [1.165, 1.54) is 21.5 Å². The molecule has 3 heterocycles. The lowest BCUT2D eigenvalue weighted by atomic mass is 10.00. The molecule has 0 unspecified atom stereocenters. The maximum Gasteiger partial charge on any atom is 0.166 e. The van der Waals surface area contributed by atoms with Crippen molar-refractivity contribution in [3.05, 3.63) is 224 Å². The number of hydrogen-bond acceptors (Lipinski definition) is 3. The second-order valence-corrected chi connectivity index (χ2v) is 15.6. The minimum absolute atomic E-state index is 0.585. The van der Waals surface area contributed by atoms with Crippen molar-refractivity contribution in [2.24, 2.45) is 0 Å². The molecule has 0 amide bonds. The summed E-state index contributed by atoms with van der Waals surface area (Å²) in [7, 11) is 0. The van der Waals surface area contributed by atoms with Gasteiger partial charge in [-0.1, -0.05) is 176 Å². The van der Waals surface area contributed by atoms with Gasteiger partial charge < -0.3 is 9.13 Å². The van der Waals surface area contributed by atoms with Crippen LogP contribution >= 0.6 is 0 Å². The number of para-hydroxylation sites is 4. The predicted octanol–water partition coefficient (Wildman–Crippen LogP) is 14.4. The lowest BCUT2D eigenvalue weighted by Crippen LogP contribution is -2.06. The van der Waals surface area contributed by atoms with Gasteiger partial charge in [-0.15, -0.1) is 0 Å². The molecule has 0 spiro atoms. The summed E-state index contributed by atoms with van der Waals surface area (Å²) in [6.07, 6.45) is 0. The highest BCUT2D eigenvalue weighted by atomic mass is 15.1. The maximum atomic E-state index is 5.58. The first-order valence-corrected chi connectivity index (χ1v) is 21.0. The molecule has 0 fully saturated rings. The zero-order valence-corrected chi connectivity index (χ0v) is 33.6. The molecule has 12 aromatic rings. The van der Waals surface area contributed by atoms with Crippen LogP contribution in [0.15, 0.2) is 224 Å². The molecule has 3 aromatic heterocycles.